The fraction of sp³-hybridized carbons (Fsp3) is 0.700. The Bertz CT molecular complexity index is 337. The van der Waals surface area contributed by atoms with Gasteiger partial charge in [-0.15, -0.1) is 0 Å². The highest BCUT2D eigenvalue weighted by atomic mass is 32.1. The van der Waals surface area contributed by atoms with Gasteiger partial charge >= 0.3 is 0 Å². The zero-order chi connectivity index (χ0) is 10.6. The summed E-state index contributed by atoms with van der Waals surface area (Å²) >= 11 is 1.68. The first kappa shape index (κ1) is 9.93. The Morgan fingerprint density at radius 3 is 2.36 bits per heavy atom. The Balaban J connectivity index is 2.56. The Morgan fingerprint density at radius 1 is 1.21 bits per heavy atom. The van der Waals surface area contributed by atoms with Crippen LogP contribution in [0.3, 0.4) is 0 Å². The van der Waals surface area contributed by atoms with Crippen molar-refractivity contribution in [3.63, 3.8) is 0 Å². The van der Waals surface area contributed by atoms with Crippen LogP contribution < -0.4 is 5.32 Å². The molecule has 1 aromatic heterocycles. The first-order valence-corrected chi connectivity index (χ1v) is 5.58. The summed E-state index contributed by atoms with van der Waals surface area (Å²) in [5, 5.41) is 4.06. The molecule has 1 aromatic rings. The monoisotopic (exact) mass is 212 g/mol. The van der Waals surface area contributed by atoms with Crippen LogP contribution in [-0.2, 0) is 15.9 Å². The van der Waals surface area contributed by atoms with Gasteiger partial charge in [-0.25, -0.2) is 4.98 Å². The molecule has 0 saturated carbocycles. The summed E-state index contributed by atoms with van der Waals surface area (Å²) in [7, 11) is 1.90. The maximum Gasteiger partial charge on any atom is 0.183 e. The van der Waals surface area contributed by atoms with Gasteiger partial charge in [-0.1, -0.05) is 11.3 Å². The van der Waals surface area contributed by atoms with Gasteiger partial charge in [-0.2, -0.15) is 0 Å². The number of ether oxygens (including phenoxy) is 1. The maximum atomic E-state index is 5.97. The van der Waals surface area contributed by atoms with Crippen LogP contribution in [0.15, 0.2) is 0 Å². The second-order valence-corrected chi connectivity index (χ2v) is 5.57. The lowest BCUT2D eigenvalue weighted by atomic mass is 10.0. The fourth-order valence-corrected chi connectivity index (χ4v) is 3.08. The summed E-state index contributed by atoms with van der Waals surface area (Å²) in [5.41, 5.74) is 0.618. The number of thiazole rings is 1. The predicted molar refractivity (Wildman–Crippen MR) is 58.8 cm³/mol. The van der Waals surface area contributed by atoms with E-state index in [1.807, 2.05) is 7.05 Å². The smallest absolute Gasteiger partial charge is 0.183 e. The third-order valence-electron chi connectivity index (χ3n) is 2.47. The normalized spacial score (nSPS) is 22.1. The minimum Gasteiger partial charge on any atom is -0.365 e. The number of aromatic nitrogens is 1. The van der Waals surface area contributed by atoms with Gasteiger partial charge in [-0.3, -0.25) is 0 Å². The van der Waals surface area contributed by atoms with Gasteiger partial charge in [0.15, 0.2) is 5.13 Å². The SMILES string of the molecule is CNc1nc2c(s1)C(C)(C)OC2(C)C. The van der Waals surface area contributed by atoms with Gasteiger partial charge in [0, 0.05) is 7.05 Å². The van der Waals surface area contributed by atoms with Crippen LogP contribution in [0.2, 0.25) is 0 Å². The molecular formula is C10H16N2OS. The molecule has 0 amide bonds. The van der Waals surface area contributed by atoms with E-state index in [0.717, 1.165) is 10.8 Å². The summed E-state index contributed by atoms with van der Waals surface area (Å²) in [4.78, 5) is 5.78. The first-order chi connectivity index (χ1) is 6.37. The number of hydrogen-bond acceptors (Lipinski definition) is 4. The van der Waals surface area contributed by atoms with Crippen LogP contribution in [-0.4, -0.2) is 12.0 Å². The van der Waals surface area contributed by atoms with Gasteiger partial charge in [-0.05, 0) is 27.7 Å². The van der Waals surface area contributed by atoms with Crippen LogP contribution in [0, 0.1) is 0 Å². The lowest BCUT2D eigenvalue weighted by molar-refractivity contribution is -0.105. The van der Waals surface area contributed by atoms with Crippen molar-refractivity contribution in [2.75, 3.05) is 12.4 Å². The second kappa shape index (κ2) is 2.70. The van der Waals surface area contributed by atoms with Crippen molar-refractivity contribution in [3.05, 3.63) is 10.6 Å². The van der Waals surface area contributed by atoms with Crippen molar-refractivity contribution >= 4 is 16.5 Å². The second-order valence-electron chi connectivity index (χ2n) is 4.57. The summed E-state index contributed by atoms with van der Waals surface area (Å²) in [6.45, 7) is 8.33. The molecule has 0 fully saturated rings. The number of anilines is 1. The van der Waals surface area contributed by atoms with Gasteiger partial charge < -0.3 is 10.1 Å². The molecule has 0 aromatic carbocycles. The van der Waals surface area contributed by atoms with E-state index in [-0.39, 0.29) is 11.2 Å². The number of nitrogens with one attached hydrogen (secondary N) is 1. The summed E-state index contributed by atoms with van der Waals surface area (Å²) in [6, 6.07) is 0. The average molecular weight is 212 g/mol. The van der Waals surface area contributed by atoms with E-state index in [4.69, 9.17) is 4.74 Å². The van der Waals surface area contributed by atoms with Gasteiger partial charge in [0.2, 0.25) is 0 Å². The molecule has 4 heteroatoms. The fourth-order valence-electron chi connectivity index (χ4n) is 1.98. The highest BCUT2D eigenvalue weighted by Crippen LogP contribution is 2.49. The van der Waals surface area contributed by atoms with Crippen LogP contribution in [0.25, 0.3) is 0 Å². The molecule has 1 aliphatic heterocycles. The molecule has 3 nitrogen and oxygen atoms in total. The van der Waals surface area contributed by atoms with Crippen LogP contribution in [0.5, 0.6) is 0 Å². The molecule has 0 unspecified atom stereocenters. The van der Waals surface area contributed by atoms with Crippen molar-refractivity contribution < 1.29 is 4.74 Å². The Kier molecular flexibility index (Phi) is 1.92. The zero-order valence-electron chi connectivity index (χ0n) is 9.26. The average Bonchev–Trinajstić information content (AvgIpc) is 2.51. The summed E-state index contributed by atoms with van der Waals surface area (Å²) in [5.74, 6) is 0. The molecule has 2 rings (SSSR count). The Hall–Kier alpha value is -0.610. The molecular weight excluding hydrogens is 196 g/mol. The van der Waals surface area contributed by atoms with E-state index in [0.29, 0.717) is 0 Å². The molecule has 0 radical (unpaired) electrons. The van der Waals surface area contributed by atoms with E-state index in [1.54, 1.807) is 11.3 Å². The third kappa shape index (κ3) is 1.25. The van der Waals surface area contributed by atoms with Crippen molar-refractivity contribution in [2.24, 2.45) is 0 Å². The lowest BCUT2D eigenvalue weighted by Gasteiger charge is -2.24. The van der Waals surface area contributed by atoms with Crippen LogP contribution in [0.1, 0.15) is 38.3 Å². The quantitative estimate of drug-likeness (QED) is 0.777. The van der Waals surface area contributed by atoms with E-state index >= 15 is 0 Å². The molecule has 0 atom stereocenters. The summed E-state index contributed by atoms with van der Waals surface area (Å²) in [6.07, 6.45) is 0. The number of rotatable bonds is 1. The largest absolute Gasteiger partial charge is 0.365 e. The predicted octanol–water partition coefficient (Wildman–Crippen LogP) is 2.69. The Morgan fingerprint density at radius 2 is 1.86 bits per heavy atom. The third-order valence-corrected chi connectivity index (χ3v) is 3.85. The molecule has 0 aliphatic carbocycles. The number of nitrogens with zero attached hydrogens (tertiary/aromatic N) is 1. The molecule has 1 N–H and O–H groups in total. The van der Waals surface area contributed by atoms with Crippen molar-refractivity contribution in [3.8, 4) is 0 Å². The molecule has 78 valence electrons. The van der Waals surface area contributed by atoms with Crippen LogP contribution >= 0.6 is 11.3 Å². The summed E-state index contributed by atoms with van der Waals surface area (Å²) < 4.78 is 5.97. The molecule has 14 heavy (non-hydrogen) atoms. The van der Waals surface area contributed by atoms with E-state index in [2.05, 4.69) is 38.0 Å². The van der Waals surface area contributed by atoms with E-state index in [9.17, 15) is 0 Å². The minimum atomic E-state index is -0.259. The van der Waals surface area contributed by atoms with Gasteiger partial charge in [0.05, 0.1) is 16.2 Å². The van der Waals surface area contributed by atoms with E-state index in [1.165, 1.54) is 4.88 Å². The van der Waals surface area contributed by atoms with Crippen molar-refractivity contribution in [1.82, 2.24) is 4.98 Å². The lowest BCUT2D eigenvalue weighted by Crippen LogP contribution is -2.23. The van der Waals surface area contributed by atoms with Crippen molar-refractivity contribution in [1.29, 1.82) is 0 Å². The van der Waals surface area contributed by atoms with Crippen LogP contribution in [0.4, 0.5) is 5.13 Å². The minimum absolute atomic E-state index is 0.203. The molecule has 0 bridgehead atoms. The van der Waals surface area contributed by atoms with Crippen molar-refractivity contribution in [2.45, 2.75) is 38.9 Å². The molecule has 2 heterocycles. The highest BCUT2D eigenvalue weighted by molar-refractivity contribution is 7.15. The van der Waals surface area contributed by atoms with Gasteiger partial charge in [0.25, 0.3) is 0 Å². The Labute approximate surface area is 88.5 Å². The maximum absolute atomic E-state index is 5.97. The standard InChI is InChI=1S/C10H16N2OS/c1-9(2)6-7(10(3,4)13-9)14-8(11-5)12-6/h1-5H3,(H,11,12). The molecule has 0 saturated heterocycles. The number of fused-ring (bicyclic) bond motifs is 1. The topological polar surface area (TPSA) is 34.2 Å². The first-order valence-electron chi connectivity index (χ1n) is 4.76. The highest BCUT2D eigenvalue weighted by Gasteiger charge is 2.46. The number of hydrogen-bond donors (Lipinski definition) is 1. The molecule has 0 spiro atoms. The zero-order valence-corrected chi connectivity index (χ0v) is 10.1. The molecule has 1 aliphatic rings. The van der Waals surface area contributed by atoms with E-state index < -0.39 is 0 Å². The van der Waals surface area contributed by atoms with Gasteiger partial charge in [0.1, 0.15) is 5.60 Å².